The number of rotatable bonds is 2. The molecule has 1 N–H and O–H groups in total. The number of ketones is 1. The van der Waals surface area contributed by atoms with Crippen LogP contribution in [0.15, 0.2) is 79.1 Å². The molecule has 0 radical (unpaired) electrons. The van der Waals surface area contributed by atoms with Crippen LogP contribution in [0.3, 0.4) is 0 Å². The average Bonchev–Trinajstić information content (AvgIpc) is 2.67. The lowest BCUT2D eigenvalue weighted by Crippen LogP contribution is -2.12. The van der Waals surface area contributed by atoms with Crippen LogP contribution in [0.25, 0.3) is 21.9 Å². The second kappa shape index (κ2) is 5.28. The van der Waals surface area contributed by atoms with Gasteiger partial charge >= 0.3 is 0 Å². The molecule has 0 saturated heterocycles. The zero-order chi connectivity index (χ0) is 16.8. The molecule has 3 heteroatoms. The maximum Gasteiger partial charge on any atom is 0.196 e. The fourth-order valence-corrected chi connectivity index (χ4v) is 3.55. The molecule has 4 aromatic rings. The van der Waals surface area contributed by atoms with Gasteiger partial charge in [0.25, 0.3) is 0 Å². The zero-order valence-corrected chi connectivity index (χ0v) is 13.4. The molecule has 1 heterocycles. The van der Waals surface area contributed by atoms with Crippen LogP contribution in [0.2, 0.25) is 0 Å². The van der Waals surface area contributed by atoms with Gasteiger partial charge in [0.2, 0.25) is 0 Å². The molecular weight excluding hydrogens is 308 g/mol. The molecule has 1 aromatic heterocycles. The van der Waals surface area contributed by atoms with Crippen molar-refractivity contribution in [3.05, 3.63) is 90.3 Å². The number of nitrogens with one attached hydrogen (secondary N) is 1. The number of carbonyl (C=O) groups excluding carboxylic acids is 1. The van der Waals surface area contributed by atoms with Crippen molar-refractivity contribution in [1.29, 1.82) is 0 Å². The molecule has 0 spiro atoms. The first-order valence-corrected chi connectivity index (χ1v) is 8.20. The Hall–Kier alpha value is -3.46. The van der Waals surface area contributed by atoms with Crippen molar-refractivity contribution in [2.75, 3.05) is 5.32 Å². The third-order valence-electron chi connectivity index (χ3n) is 4.67. The fourth-order valence-electron chi connectivity index (χ4n) is 3.55. The Morgan fingerprint density at radius 1 is 0.720 bits per heavy atom. The SMILES string of the molecule is O=C1c2ccccc2-c2cncc3ccc(Nc4ccccc4)c1c23. The number of nitrogens with zero attached hydrogens (tertiary/aromatic N) is 1. The summed E-state index contributed by atoms with van der Waals surface area (Å²) in [6.45, 7) is 0. The van der Waals surface area contributed by atoms with E-state index in [0.717, 1.165) is 44.4 Å². The maximum absolute atomic E-state index is 13.2. The topological polar surface area (TPSA) is 42.0 Å². The van der Waals surface area contributed by atoms with E-state index >= 15 is 0 Å². The predicted molar refractivity (Wildman–Crippen MR) is 100 cm³/mol. The Morgan fingerprint density at radius 3 is 2.32 bits per heavy atom. The van der Waals surface area contributed by atoms with Gasteiger partial charge < -0.3 is 5.32 Å². The van der Waals surface area contributed by atoms with Crippen molar-refractivity contribution in [2.24, 2.45) is 0 Å². The van der Waals surface area contributed by atoms with Gasteiger partial charge in [0.15, 0.2) is 5.78 Å². The second-order valence-electron chi connectivity index (χ2n) is 6.14. The molecule has 0 atom stereocenters. The number of carbonyl (C=O) groups is 1. The molecule has 0 amide bonds. The first-order chi connectivity index (χ1) is 12.3. The standard InChI is InChI=1S/C22H14N2O/c25-22-17-9-5-4-8-16(17)18-13-23-12-14-10-11-19(21(22)20(14)18)24-15-6-2-1-3-7-15/h1-13,24H. The summed E-state index contributed by atoms with van der Waals surface area (Å²) in [5, 5.41) is 5.35. The first kappa shape index (κ1) is 13.9. The van der Waals surface area contributed by atoms with Crippen LogP contribution in [-0.4, -0.2) is 10.8 Å². The minimum Gasteiger partial charge on any atom is -0.355 e. The van der Waals surface area contributed by atoms with Crippen LogP contribution in [0.4, 0.5) is 11.4 Å². The molecule has 0 saturated carbocycles. The van der Waals surface area contributed by atoms with E-state index in [-0.39, 0.29) is 5.78 Å². The van der Waals surface area contributed by atoms with Gasteiger partial charge in [0.05, 0.1) is 11.3 Å². The molecular formula is C22H14N2O. The maximum atomic E-state index is 13.2. The monoisotopic (exact) mass is 322 g/mol. The van der Waals surface area contributed by atoms with E-state index in [0.29, 0.717) is 0 Å². The highest BCUT2D eigenvalue weighted by Gasteiger charge is 2.27. The number of benzene rings is 3. The highest BCUT2D eigenvalue weighted by atomic mass is 16.1. The van der Waals surface area contributed by atoms with Gasteiger partial charge in [-0.3, -0.25) is 9.78 Å². The summed E-state index contributed by atoms with van der Waals surface area (Å²) in [4.78, 5) is 17.6. The van der Waals surface area contributed by atoms with Crippen molar-refractivity contribution >= 4 is 27.9 Å². The highest BCUT2D eigenvalue weighted by Crippen LogP contribution is 2.42. The highest BCUT2D eigenvalue weighted by molar-refractivity contribution is 6.28. The summed E-state index contributed by atoms with van der Waals surface area (Å²) < 4.78 is 0. The van der Waals surface area contributed by atoms with Crippen LogP contribution in [0, 0.1) is 0 Å². The van der Waals surface area contributed by atoms with E-state index in [9.17, 15) is 4.79 Å². The van der Waals surface area contributed by atoms with Crippen molar-refractivity contribution in [3.8, 4) is 11.1 Å². The Labute approximate surface area is 145 Å². The normalized spacial score (nSPS) is 12.1. The van der Waals surface area contributed by atoms with Gasteiger partial charge in [-0.25, -0.2) is 0 Å². The summed E-state index contributed by atoms with van der Waals surface area (Å²) in [6.07, 6.45) is 3.67. The van der Waals surface area contributed by atoms with Gasteiger partial charge in [-0.15, -0.1) is 0 Å². The van der Waals surface area contributed by atoms with Gasteiger partial charge in [0.1, 0.15) is 0 Å². The Balaban J connectivity index is 1.82. The second-order valence-corrected chi connectivity index (χ2v) is 6.14. The van der Waals surface area contributed by atoms with E-state index in [4.69, 9.17) is 0 Å². The van der Waals surface area contributed by atoms with Crippen molar-refractivity contribution in [1.82, 2.24) is 4.98 Å². The number of aromatic nitrogens is 1. The number of pyridine rings is 1. The molecule has 3 nitrogen and oxygen atoms in total. The van der Waals surface area contributed by atoms with E-state index in [1.165, 1.54) is 0 Å². The Kier molecular flexibility index (Phi) is 2.94. The first-order valence-electron chi connectivity index (χ1n) is 8.20. The minimum atomic E-state index is 0.0540. The summed E-state index contributed by atoms with van der Waals surface area (Å²) in [5.41, 5.74) is 5.20. The quantitative estimate of drug-likeness (QED) is 0.486. The third kappa shape index (κ3) is 2.06. The van der Waals surface area contributed by atoms with Crippen LogP contribution in [0.5, 0.6) is 0 Å². The van der Waals surface area contributed by atoms with Crippen molar-refractivity contribution in [2.45, 2.75) is 0 Å². The smallest absolute Gasteiger partial charge is 0.196 e. The fraction of sp³-hybridized carbons (Fsp3) is 0. The molecule has 0 aliphatic heterocycles. The van der Waals surface area contributed by atoms with E-state index in [1.54, 1.807) is 0 Å². The molecule has 0 bridgehead atoms. The number of anilines is 2. The lowest BCUT2D eigenvalue weighted by Gasteiger charge is -2.22. The van der Waals surface area contributed by atoms with Gasteiger partial charge in [-0.05, 0) is 23.8 Å². The lowest BCUT2D eigenvalue weighted by molar-refractivity contribution is 0.104. The van der Waals surface area contributed by atoms with E-state index in [1.807, 2.05) is 79.1 Å². The lowest BCUT2D eigenvalue weighted by atomic mass is 9.83. The van der Waals surface area contributed by atoms with E-state index < -0.39 is 0 Å². The van der Waals surface area contributed by atoms with Crippen molar-refractivity contribution < 1.29 is 4.79 Å². The number of fused-ring (bicyclic) bond motifs is 2. The zero-order valence-electron chi connectivity index (χ0n) is 13.4. The molecule has 1 aliphatic carbocycles. The number of hydrogen-bond donors (Lipinski definition) is 1. The summed E-state index contributed by atoms with van der Waals surface area (Å²) in [6, 6.07) is 21.6. The third-order valence-corrected chi connectivity index (χ3v) is 4.67. The van der Waals surface area contributed by atoms with Crippen LogP contribution in [-0.2, 0) is 0 Å². The van der Waals surface area contributed by atoms with Crippen LogP contribution >= 0.6 is 0 Å². The molecule has 3 aromatic carbocycles. The minimum absolute atomic E-state index is 0.0540. The molecule has 1 aliphatic rings. The van der Waals surface area contributed by atoms with Gasteiger partial charge in [-0.1, -0.05) is 48.5 Å². The molecule has 5 rings (SSSR count). The van der Waals surface area contributed by atoms with Gasteiger partial charge in [0, 0.05) is 40.0 Å². The molecule has 0 unspecified atom stereocenters. The summed E-state index contributed by atoms with van der Waals surface area (Å²) in [7, 11) is 0. The Morgan fingerprint density at radius 2 is 1.48 bits per heavy atom. The molecule has 0 fully saturated rings. The van der Waals surface area contributed by atoms with E-state index in [2.05, 4.69) is 10.3 Å². The predicted octanol–water partition coefficient (Wildman–Crippen LogP) is 5.19. The summed E-state index contributed by atoms with van der Waals surface area (Å²) in [5.74, 6) is 0.0540. The van der Waals surface area contributed by atoms with Gasteiger partial charge in [-0.2, -0.15) is 0 Å². The average molecular weight is 322 g/mol. The number of para-hydroxylation sites is 1. The largest absolute Gasteiger partial charge is 0.355 e. The van der Waals surface area contributed by atoms with Crippen LogP contribution < -0.4 is 5.32 Å². The summed E-state index contributed by atoms with van der Waals surface area (Å²) >= 11 is 0. The van der Waals surface area contributed by atoms with Crippen molar-refractivity contribution in [3.63, 3.8) is 0 Å². The van der Waals surface area contributed by atoms with Crippen LogP contribution in [0.1, 0.15) is 15.9 Å². The number of hydrogen-bond acceptors (Lipinski definition) is 3. The molecule has 25 heavy (non-hydrogen) atoms. The molecule has 118 valence electrons. The Bertz CT molecular complexity index is 1130.